The van der Waals surface area contributed by atoms with Gasteiger partial charge in [0.15, 0.2) is 6.61 Å². The van der Waals surface area contributed by atoms with Gasteiger partial charge < -0.3 is 15.0 Å². The van der Waals surface area contributed by atoms with Crippen LogP contribution in [0.2, 0.25) is 0 Å². The zero-order chi connectivity index (χ0) is 24.5. The molecule has 1 aliphatic rings. The van der Waals surface area contributed by atoms with Crippen molar-refractivity contribution >= 4 is 27.7 Å². The summed E-state index contributed by atoms with van der Waals surface area (Å²) in [6.07, 6.45) is 7.02. The Bertz CT molecular complexity index is 955. The first-order valence-electron chi connectivity index (χ1n) is 12.5. The highest BCUT2D eigenvalue weighted by Crippen LogP contribution is 2.26. The monoisotopic (exact) mass is 528 g/mol. The van der Waals surface area contributed by atoms with E-state index in [1.807, 2.05) is 56.3 Å². The molecule has 1 N–H and O–H groups in total. The molecule has 0 aromatic heterocycles. The van der Waals surface area contributed by atoms with Crippen LogP contribution in [0.15, 0.2) is 46.9 Å². The Morgan fingerprint density at radius 1 is 1.06 bits per heavy atom. The van der Waals surface area contributed by atoms with Gasteiger partial charge in [-0.25, -0.2) is 0 Å². The Morgan fingerprint density at radius 2 is 1.74 bits per heavy atom. The number of hydrogen-bond acceptors (Lipinski definition) is 3. The van der Waals surface area contributed by atoms with Crippen LogP contribution in [-0.4, -0.2) is 35.4 Å². The number of nitrogens with one attached hydrogen (secondary N) is 1. The average molecular weight is 530 g/mol. The first-order chi connectivity index (χ1) is 16.4. The lowest BCUT2D eigenvalue weighted by Crippen LogP contribution is -2.52. The van der Waals surface area contributed by atoms with E-state index in [-0.39, 0.29) is 24.5 Å². The fourth-order valence-corrected chi connectivity index (χ4v) is 5.00. The summed E-state index contributed by atoms with van der Waals surface area (Å²) in [5.74, 6) is 0.363. The summed E-state index contributed by atoms with van der Waals surface area (Å²) >= 11 is 3.54. The van der Waals surface area contributed by atoms with Gasteiger partial charge in [-0.1, -0.05) is 69.0 Å². The highest BCUT2D eigenvalue weighted by molar-refractivity contribution is 9.10. The highest BCUT2D eigenvalue weighted by Gasteiger charge is 2.30. The van der Waals surface area contributed by atoms with Crippen LogP contribution in [0.4, 0.5) is 0 Å². The Balaban J connectivity index is 1.75. The molecule has 1 saturated carbocycles. The minimum atomic E-state index is -0.537. The summed E-state index contributed by atoms with van der Waals surface area (Å²) < 4.78 is 6.72. The van der Waals surface area contributed by atoms with Gasteiger partial charge in [0.1, 0.15) is 11.8 Å². The lowest BCUT2D eigenvalue weighted by Gasteiger charge is -2.32. The van der Waals surface area contributed by atoms with E-state index in [4.69, 9.17) is 4.74 Å². The van der Waals surface area contributed by atoms with Crippen molar-refractivity contribution < 1.29 is 14.3 Å². The Labute approximate surface area is 212 Å². The maximum atomic E-state index is 13.4. The Hall–Kier alpha value is -2.34. The molecule has 0 heterocycles. The number of carbonyl (C=O) groups excluding carboxylic acids is 2. The van der Waals surface area contributed by atoms with Crippen LogP contribution < -0.4 is 10.1 Å². The molecule has 2 aromatic rings. The van der Waals surface area contributed by atoms with E-state index in [2.05, 4.69) is 28.2 Å². The van der Waals surface area contributed by atoms with Crippen molar-refractivity contribution in [3.8, 4) is 5.75 Å². The SMILES string of the molecule is CCc1ccc(OCC(=O)N(Cc2ccc(C)cc2)[C@@H](CC)C(=O)NC2CCCCC2)c(Br)c1. The van der Waals surface area contributed by atoms with Crippen LogP contribution in [0.3, 0.4) is 0 Å². The van der Waals surface area contributed by atoms with Crippen molar-refractivity contribution in [1.29, 1.82) is 0 Å². The van der Waals surface area contributed by atoms with E-state index in [0.29, 0.717) is 18.7 Å². The summed E-state index contributed by atoms with van der Waals surface area (Å²) in [6.45, 7) is 6.34. The molecule has 5 nitrogen and oxygen atoms in total. The normalized spacial score (nSPS) is 14.9. The van der Waals surface area contributed by atoms with E-state index >= 15 is 0 Å². The van der Waals surface area contributed by atoms with Gasteiger partial charge in [-0.2, -0.15) is 0 Å². The molecule has 1 fully saturated rings. The van der Waals surface area contributed by atoms with E-state index in [0.717, 1.165) is 47.7 Å². The molecule has 0 radical (unpaired) electrons. The predicted molar refractivity (Wildman–Crippen MR) is 140 cm³/mol. The molecular formula is C28H37BrN2O3. The molecule has 3 rings (SSSR count). The first kappa shape index (κ1) is 26.3. The molecule has 184 valence electrons. The van der Waals surface area contributed by atoms with E-state index in [1.165, 1.54) is 12.0 Å². The largest absolute Gasteiger partial charge is 0.483 e. The number of nitrogens with zero attached hydrogens (tertiary/aromatic N) is 1. The zero-order valence-electron chi connectivity index (χ0n) is 20.6. The fraction of sp³-hybridized carbons (Fsp3) is 0.500. The van der Waals surface area contributed by atoms with Crippen LogP contribution >= 0.6 is 15.9 Å². The van der Waals surface area contributed by atoms with Crippen LogP contribution in [0.1, 0.15) is 69.1 Å². The minimum absolute atomic E-state index is 0.0664. The van der Waals surface area contributed by atoms with Crippen molar-refractivity contribution in [3.05, 3.63) is 63.6 Å². The van der Waals surface area contributed by atoms with Crippen molar-refractivity contribution in [3.63, 3.8) is 0 Å². The van der Waals surface area contributed by atoms with Gasteiger partial charge in [0.2, 0.25) is 5.91 Å². The smallest absolute Gasteiger partial charge is 0.261 e. The molecule has 0 aliphatic heterocycles. The van der Waals surface area contributed by atoms with E-state index in [1.54, 1.807) is 4.90 Å². The molecule has 0 bridgehead atoms. The second-order valence-electron chi connectivity index (χ2n) is 9.18. The number of aryl methyl sites for hydroxylation is 2. The molecule has 0 unspecified atom stereocenters. The van der Waals surface area contributed by atoms with Gasteiger partial charge in [0.25, 0.3) is 5.91 Å². The van der Waals surface area contributed by atoms with Crippen molar-refractivity contribution in [2.75, 3.05) is 6.61 Å². The molecule has 1 aliphatic carbocycles. The Kier molecular flexibility index (Phi) is 10.00. The first-order valence-corrected chi connectivity index (χ1v) is 13.3. The van der Waals surface area contributed by atoms with Gasteiger partial charge in [-0.05, 0) is 71.8 Å². The molecule has 1 atom stereocenters. The lowest BCUT2D eigenvalue weighted by atomic mass is 9.95. The maximum absolute atomic E-state index is 13.4. The Morgan fingerprint density at radius 3 is 2.35 bits per heavy atom. The van der Waals surface area contributed by atoms with Crippen LogP contribution in [0.5, 0.6) is 5.75 Å². The second kappa shape index (κ2) is 12.9. The van der Waals surface area contributed by atoms with Crippen LogP contribution in [0, 0.1) is 6.92 Å². The van der Waals surface area contributed by atoms with Gasteiger partial charge in [-0.3, -0.25) is 9.59 Å². The molecule has 2 amide bonds. The number of rotatable bonds is 10. The van der Waals surface area contributed by atoms with Gasteiger partial charge in [-0.15, -0.1) is 0 Å². The summed E-state index contributed by atoms with van der Waals surface area (Å²) in [5, 5.41) is 3.21. The van der Waals surface area contributed by atoms with Crippen molar-refractivity contribution in [1.82, 2.24) is 10.2 Å². The van der Waals surface area contributed by atoms with Crippen LogP contribution in [0.25, 0.3) is 0 Å². The average Bonchev–Trinajstić information content (AvgIpc) is 2.84. The van der Waals surface area contributed by atoms with Crippen LogP contribution in [-0.2, 0) is 22.6 Å². The summed E-state index contributed by atoms with van der Waals surface area (Å²) in [6, 6.07) is 13.7. The predicted octanol–water partition coefficient (Wildman–Crippen LogP) is 5.96. The topological polar surface area (TPSA) is 58.6 Å². The maximum Gasteiger partial charge on any atom is 0.261 e. The van der Waals surface area contributed by atoms with Gasteiger partial charge in [0.05, 0.1) is 4.47 Å². The number of amides is 2. The molecule has 0 saturated heterocycles. The summed E-state index contributed by atoms with van der Waals surface area (Å²) in [5.41, 5.74) is 3.35. The number of hydrogen-bond donors (Lipinski definition) is 1. The van der Waals surface area contributed by atoms with E-state index in [9.17, 15) is 9.59 Å². The molecule has 34 heavy (non-hydrogen) atoms. The highest BCUT2D eigenvalue weighted by atomic mass is 79.9. The molecular weight excluding hydrogens is 492 g/mol. The third kappa shape index (κ3) is 7.33. The van der Waals surface area contributed by atoms with E-state index < -0.39 is 6.04 Å². The van der Waals surface area contributed by atoms with Gasteiger partial charge in [0, 0.05) is 12.6 Å². The molecule has 0 spiro atoms. The van der Waals surface area contributed by atoms with Crippen molar-refractivity contribution in [2.45, 2.75) is 84.3 Å². The third-order valence-corrected chi connectivity index (χ3v) is 7.19. The van der Waals surface area contributed by atoms with Crippen molar-refractivity contribution in [2.24, 2.45) is 0 Å². The molecule has 2 aromatic carbocycles. The second-order valence-corrected chi connectivity index (χ2v) is 10.0. The van der Waals surface area contributed by atoms with Gasteiger partial charge >= 0.3 is 0 Å². The standard InChI is InChI=1S/C28H37BrN2O3/c1-4-21-15-16-26(24(29)17-21)34-19-27(32)31(18-22-13-11-20(3)12-14-22)25(5-2)28(33)30-23-9-7-6-8-10-23/h11-17,23,25H,4-10,18-19H2,1-3H3,(H,30,33)/t25-/m0/s1. The number of benzene rings is 2. The minimum Gasteiger partial charge on any atom is -0.483 e. The molecule has 6 heteroatoms. The third-order valence-electron chi connectivity index (χ3n) is 6.57. The summed E-state index contributed by atoms with van der Waals surface area (Å²) in [7, 11) is 0. The number of carbonyl (C=O) groups is 2. The quantitative estimate of drug-likeness (QED) is 0.414. The summed E-state index contributed by atoms with van der Waals surface area (Å²) in [4.78, 5) is 28.4. The lowest BCUT2D eigenvalue weighted by molar-refractivity contribution is -0.143. The number of halogens is 1. The number of ether oxygens (including phenoxy) is 1. The zero-order valence-corrected chi connectivity index (χ0v) is 22.2. The fourth-order valence-electron chi connectivity index (χ4n) is 4.46.